The monoisotopic (exact) mass is 359 g/mol. The first-order valence-corrected chi connectivity index (χ1v) is 9.97. The van der Waals surface area contributed by atoms with Crippen LogP contribution >= 0.6 is 0 Å². The summed E-state index contributed by atoms with van der Waals surface area (Å²) in [6, 6.07) is 0.211. The Bertz CT molecular complexity index is 694. The molecule has 3 heterocycles. The predicted octanol–water partition coefficient (Wildman–Crippen LogP) is 2.98. The minimum Gasteiger partial charge on any atom is -0.381 e. The van der Waals surface area contributed by atoms with Crippen LogP contribution in [0.15, 0.2) is 16.9 Å². The van der Waals surface area contributed by atoms with Crippen LogP contribution in [0, 0.1) is 5.92 Å². The van der Waals surface area contributed by atoms with Crippen molar-refractivity contribution >= 4 is 0 Å². The first-order valence-electron chi connectivity index (χ1n) is 9.97. The van der Waals surface area contributed by atoms with Crippen LogP contribution in [0.5, 0.6) is 0 Å². The number of aryl methyl sites for hydroxylation is 1. The largest absolute Gasteiger partial charge is 0.381 e. The SMILES string of the molecule is CCn1cc(CN2CCCCC2c2nc(CCOCC3CC3)no2)cn1. The van der Waals surface area contributed by atoms with E-state index in [-0.39, 0.29) is 6.04 Å². The third-order valence-corrected chi connectivity index (χ3v) is 5.30. The molecule has 7 nitrogen and oxygen atoms in total. The first-order chi connectivity index (χ1) is 12.8. The second-order valence-electron chi connectivity index (χ2n) is 7.50. The molecule has 0 aromatic carbocycles. The summed E-state index contributed by atoms with van der Waals surface area (Å²) < 4.78 is 13.3. The first kappa shape index (κ1) is 17.7. The normalized spacial score (nSPS) is 21.3. The molecule has 1 unspecified atom stereocenters. The van der Waals surface area contributed by atoms with E-state index in [1.807, 2.05) is 10.9 Å². The zero-order valence-electron chi connectivity index (χ0n) is 15.6. The van der Waals surface area contributed by atoms with Gasteiger partial charge in [0, 0.05) is 37.9 Å². The Morgan fingerprint density at radius 3 is 3.00 bits per heavy atom. The second-order valence-corrected chi connectivity index (χ2v) is 7.50. The van der Waals surface area contributed by atoms with Crippen molar-refractivity contribution in [2.24, 2.45) is 5.92 Å². The highest BCUT2D eigenvalue weighted by Gasteiger charge is 2.29. The van der Waals surface area contributed by atoms with E-state index in [1.54, 1.807) is 0 Å². The maximum atomic E-state index is 5.69. The van der Waals surface area contributed by atoms with E-state index in [2.05, 4.69) is 33.3 Å². The fraction of sp³-hybridized carbons (Fsp3) is 0.737. The van der Waals surface area contributed by atoms with Crippen molar-refractivity contribution < 1.29 is 9.26 Å². The fourth-order valence-corrected chi connectivity index (χ4v) is 3.56. The van der Waals surface area contributed by atoms with Gasteiger partial charge in [-0.1, -0.05) is 11.6 Å². The van der Waals surface area contributed by atoms with Gasteiger partial charge >= 0.3 is 0 Å². The van der Waals surface area contributed by atoms with E-state index in [4.69, 9.17) is 9.26 Å². The average molecular weight is 359 g/mol. The molecule has 2 aromatic rings. The molecule has 0 N–H and O–H groups in total. The summed E-state index contributed by atoms with van der Waals surface area (Å²) in [5, 5.41) is 8.56. The number of piperidine rings is 1. The number of hydrogen-bond donors (Lipinski definition) is 0. The Kier molecular flexibility index (Phi) is 5.65. The Morgan fingerprint density at radius 2 is 2.19 bits per heavy atom. The maximum Gasteiger partial charge on any atom is 0.244 e. The molecular weight excluding hydrogens is 330 g/mol. The number of nitrogens with zero attached hydrogens (tertiary/aromatic N) is 5. The van der Waals surface area contributed by atoms with Crippen LogP contribution in [0.1, 0.15) is 62.3 Å². The lowest BCUT2D eigenvalue weighted by molar-refractivity contribution is 0.111. The van der Waals surface area contributed by atoms with Gasteiger partial charge < -0.3 is 9.26 Å². The van der Waals surface area contributed by atoms with Gasteiger partial charge in [0.05, 0.1) is 18.8 Å². The molecule has 1 saturated carbocycles. The van der Waals surface area contributed by atoms with Gasteiger partial charge in [0.2, 0.25) is 5.89 Å². The molecule has 142 valence electrons. The Balaban J connectivity index is 1.34. The lowest BCUT2D eigenvalue weighted by Gasteiger charge is -2.32. The summed E-state index contributed by atoms with van der Waals surface area (Å²) in [5.41, 5.74) is 1.24. The summed E-state index contributed by atoms with van der Waals surface area (Å²) in [6.07, 6.45) is 11.0. The minimum atomic E-state index is 0.211. The van der Waals surface area contributed by atoms with E-state index < -0.39 is 0 Å². The van der Waals surface area contributed by atoms with Gasteiger partial charge in [0.1, 0.15) is 0 Å². The van der Waals surface area contributed by atoms with Crippen molar-refractivity contribution in [3.8, 4) is 0 Å². The summed E-state index contributed by atoms with van der Waals surface area (Å²) in [5.74, 6) is 2.31. The molecule has 1 saturated heterocycles. The molecule has 7 heteroatoms. The molecule has 2 fully saturated rings. The minimum absolute atomic E-state index is 0.211. The van der Waals surface area contributed by atoms with Gasteiger partial charge in [0.15, 0.2) is 5.82 Å². The van der Waals surface area contributed by atoms with Gasteiger partial charge in [0.25, 0.3) is 0 Å². The van der Waals surface area contributed by atoms with Gasteiger partial charge in [-0.25, -0.2) is 0 Å². The van der Waals surface area contributed by atoms with Gasteiger partial charge in [-0.15, -0.1) is 0 Å². The standard InChI is InChI=1S/C19H29N5O2/c1-2-24-13-16(11-20-24)12-23-9-4-3-5-17(23)19-21-18(22-26-19)8-10-25-14-15-6-7-15/h11,13,15,17H,2-10,12,14H2,1H3. The highest BCUT2D eigenvalue weighted by Crippen LogP contribution is 2.31. The van der Waals surface area contributed by atoms with Crippen molar-refractivity contribution in [1.29, 1.82) is 0 Å². The number of likely N-dealkylation sites (tertiary alicyclic amines) is 1. The van der Waals surface area contributed by atoms with Crippen molar-refractivity contribution in [1.82, 2.24) is 24.8 Å². The number of hydrogen-bond acceptors (Lipinski definition) is 6. The Morgan fingerprint density at radius 1 is 1.27 bits per heavy atom. The van der Waals surface area contributed by atoms with Crippen LogP contribution in [-0.2, 0) is 24.2 Å². The van der Waals surface area contributed by atoms with E-state index in [0.717, 1.165) is 56.7 Å². The fourth-order valence-electron chi connectivity index (χ4n) is 3.56. The molecule has 2 aromatic heterocycles. The van der Waals surface area contributed by atoms with Gasteiger partial charge in [-0.05, 0) is 45.1 Å². The maximum absolute atomic E-state index is 5.69. The van der Waals surface area contributed by atoms with Crippen LogP contribution in [0.3, 0.4) is 0 Å². The summed E-state index contributed by atoms with van der Waals surface area (Å²) in [6.45, 7) is 6.51. The zero-order valence-corrected chi connectivity index (χ0v) is 15.6. The summed E-state index contributed by atoms with van der Waals surface area (Å²) in [7, 11) is 0. The zero-order chi connectivity index (χ0) is 17.8. The average Bonchev–Trinajstić information content (AvgIpc) is 3.18. The van der Waals surface area contributed by atoms with Crippen LogP contribution in [0.2, 0.25) is 0 Å². The van der Waals surface area contributed by atoms with E-state index >= 15 is 0 Å². The topological polar surface area (TPSA) is 69.2 Å². The Labute approximate surface area is 154 Å². The van der Waals surface area contributed by atoms with E-state index in [9.17, 15) is 0 Å². The van der Waals surface area contributed by atoms with Crippen molar-refractivity contribution in [2.45, 2.75) is 64.6 Å². The molecule has 0 radical (unpaired) electrons. The molecule has 26 heavy (non-hydrogen) atoms. The molecule has 1 aliphatic heterocycles. The van der Waals surface area contributed by atoms with Crippen molar-refractivity contribution in [2.75, 3.05) is 19.8 Å². The third-order valence-electron chi connectivity index (χ3n) is 5.30. The molecule has 0 bridgehead atoms. The van der Waals surface area contributed by atoms with Crippen LogP contribution < -0.4 is 0 Å². The van der Waals surface area contributed by atoms with Gasteiger partial charge in [-0.2, -0.15) is 10.1 Å². The molecule has 0 spiro atoms. The highest BCUT2D eigenvalue weighted by molar-refractivity contribution is 5.06. The number of rotatable bonds is 9. The summed E-state index contributed by atoms with van der Waals surface area (Å²) >= 11 is 0. The molecule has 1 atom stereocenters. The second kappa shape index (κ2) is 8.31. The lowest BCUT2D eigenvalue weighted by Crippen LogP contribution is -2.33. The molecule has 2 aliphatic rings. The number of aromatic nitrogens is 4. The van der Waals surface area contributed by atoms with Crippen molar-refractivity contribution in [3.63, 3.8) is 0 Å². The highest BCUT2D eigenvalue weighted by atomic mass is 16.5. The smallest absolute Gasteiger partial charge is 0.244 e. The van der Waals surface area contributed by atoms with Crippen LogP contribution in [0.4, 0.5) is 0 Å². The third kappa shape index (κ3) is 4.51. The molecular formula is C19H29N5O2. The lowest BCUT2D eigenvalue weighted by atomic mass is 10.0. The van der Waals surface area contributed by atoms with E-state index in [0.29, 0.717) is 6.61 Å². The van der Waals surface area contributed by atoms with Crippen LogP contribution in [-0.4, -0.2) is 44.6 Å². The predicted molar refractivity (Wildman–Crippen MR) is 96.4 cm³/mol. The molecule has 4 rings (SSSR count). The number of ether oxygens (including phenoxy) is 1. The molecule has 1 aliphatic carbocycles. The van der Waals surface area contributed by atoms with Crippen molar-refractivity contribution in [3.05, 3.63) is 29.7 Å². The van der Waals surface area contributed by atoms with Gasteiger partial charge in [-0.3, -0.25) is 9.58 Å². The summed E-state index contributed by atoms with van der Waals surface area (Å²) in [4.78, 5) is 7.11. The molecule has 0 amide bonds. The quantitative estimate of drug-likeness (QED) is 0.641. The van der Waals surface area contributed by atoms with E-state index in [1.165, 1.54) is 31.2 Å². The Hall–Kier alpha value is -1.73. The van der Waals surface area contributed by atoms with Crippen LogP contribution in [0.25, 0.3) is 0 Å².